The van der Waals surface area contributed by atoms with Crippen LogP contribution in [0.25, 0.3) is 0 Å². The quantitative estimate of drug-likeness (QED) is 0.629. The van der Waals surface area contributed by atoms with Crippen molar-refractivity contribution in [2.75, 3.05) is 12.3 Å². The van der Waals surface area contributed by atoms with Gasteiger partial charge in [-0.05, 0) is 36.6 Å². The Morgan fingerprint density at radius 3 is 2.46 bits per heavy atom. The molecule has 0 radical (unpaired) electrons. The molecule has 0 aliphatic heterocycles. The van der Waals surface area contributed by atoms with Crippen molar-refractivity contribution in [1.82, 2.24) is 5.32 Å². The number of benzene rings is 2. The summed E-state index contributed by atoms with van der Waals surface area (Å²) in [5, 5.41) is 4.02. The second-order valence-electron chi connectivity index (χ2n) is 5.64. The fourth-order valence-electron chi connectivity index (χ4n) is 2.18. The van der Waals surface area contributed by atoms with Crippen LogP contribution in [0.4, 0.5) is 0 Å². The van der Waals surface area contributed by atoms with Crippen LogP contribution in [-0.4, -0.2) is 18.2 Å². The van der Waals surface area contributed by atoms with Crippen molar-refractivity contribution in [1.29, 1.82) is 0 Å². The van der Waals surface area contributed by atoms with Crippen molar-refractivity contribution in [3.63, 3.8) is 0 Å². The summed E-state index contributed by atoms with van der Waals surface area (Å²) in [6.45, 7) is 2.78. The third-order valence-electron chi connectivity index (χ3n) is 3.58. The molecule has 0 aliphatic carbocycles. The molecule has 0 bridgehead atoms. The van der Waals surface area contributed by atoms with Crippen LogP contribution in [0, 0.1) is 6.92 Å². The molecule has 2 aromatic rings. The van der Waals surface area contributed by atoms with Crippen LogP contribution < -0.4 is 5.32 Å². The highest BCUT2D eigenvalue weighted by molar-refractivity contribution is 7.98. The Morgan fingerprint density at radius 2 is 1.75 bits per heavy atom. The number of halogens is 2. The van der Waals surface area contributed by atoms with Crippen molar-refractivity contribution in [2.24, 2.45) is 0 Å². The molecule has 0 spiro atoms. The predicted molar refractivity (Wildman–Crippen MR) is 105 cm³/mol. The maximum absolute atomic E-state index is 11.9. The Bertz CT molecular complexity index is 674. The van der Waals surface area contributed by atoms with Gasteiger partial charge in [0.15, 0.2) is 0 Å². The van der Waals surface area contributed by atoms with Gasteiger partial charge in [-0.2, -0.15) is 11.8 Å². The lowest BCUT2D eigenvalue weighted by molar-refractivity contribution is -0.120. The number of hydrogen-bond acceptors (Lipinski definition) is 2. The van der Waals surface area contributed by atoms with Gasteiger partial charge < -0.3 is 5.32 Å². The Labute approximate surface area is 157 Å². The Hall–Kier alpha value is -1.16. The zero-order chi connectivity index (χ0) is 17.4. The lowest BCUT2D eigenvalue weighted by Gasteiger charge is -2.06. The van der Waals surface area contributed by atoms with Crippen LogP contribution in [0.5, 0.6) is 0 Å². The summed E-state index contributed by atoms with van der Waals surface area (Å²) in [4.78, 5) is 11.9. The number of carbonyl (C=O) groups excluding carboxylic acids is 1. The van der Waals surface area contributed by atoms with E-state index in [1.807, 2.05) is 23.9 Å². The van der Waals surface area contributed by atoms with E-state index in [0.29, 0.717) is 29.4 Å². The highest BCUT2D eigenvalue weighted by Gasteiger charge is 2.04. The van der Waals surface area contributed by atoms with Gasteiger partial charge in [0.25, 0.3) is 0 Å². The van der Waals surface area contributed by atoms with Crippen LogP contribution >= 0.6 is 35.0 Å². The summed E-state index contributed by atoms with van der Waals surface area (Å²) in [6.07, 6.45) is 1.12. The average Bonchev–Trinajstić information content (AvgIpc) is 2.57. The number of amides is 1. The van der Waals surface area contributed by atoms with Gasteiger partial charge in [0.05, 0.1) is 10.0 Å². The summed E-state index contributed by atoms with van der Waals surface area (Å²) in [7, 11) is 0. The van der Waals surface area contributed by atoms with E-state index in [0.717, 1.165) is 17.1 Å². The topological polar surface area (TPSA) is 29.1 Å². The van der Waals surface area contributed by atoms with Crippen molar-refractivity contribution < 1.29 is 4.79 Å². The number of nitrogens with one attached hydrogen (secondary N) is 1. The Kier molecular flexibility index (Phi) is 7.97. The molecule has 0 saturated heterocycles. The Morgan fingerprint density at radius 1 is 1.04 bits per heavy atom. The maximum atomic E-state index is 11.9. The van der Waals surface area contributed by atoms with Crippen LogP contribution in [0.2, 0.25) is 10.0 Å². The fourth-order valence-corrected chi connectivity index (χ4v) is 3.32. The van der Waals surface area contributed by atoms with Gasteiger partial charge in [-0.1, -0.05) is 59.1 Å². The van der Waals surface area contributed by atoms with E-state index in [2.05, 4.69) is 36.5 Å². The van der Waals surface area contributed by atoms with Gasteiger partial charge >= 0.3 is 0 Å². The lowest BCUT2D eigenvalue weighted by atomic mass is 10.1. The summed E-state index contributed by atoms with van der Waals surface area (Å²) in [6, 6.07) is 14.0. The van der Waals surface area contributed by atoms with Gasteiger partial charge in [-0.15, -0.1) is 0 Å². The van der Waals surface area contributed by atoms with E-state index in [1.54, 1.807) is 6.07 Å². The summed E-state index contributed by atoms with van der Waals surface area (Å²) < 4.78 is 0. The summed E-state index contributed by atoms with van der Waals surface area (Å²) >= 11 is 13.7. The second kappa shape index (κ2) is 9.97. The Balaban J connectivity index is 1.59. The van der Waals surface area contributed by atoms with E-state index < -0.39 is 0 Å². The van der Waals surface area contributed by atoms with Gasteiger partial charge in [0, 0.05) is 24.5 Å². The number of carbonyl (C=O) groups is 1. The molecule has 24 heavy (non-hydrogen) atoms. The standard InChI is InChI=1S/C19H21Cl2NOS/c1-14-2-4-16(5-3-14)13-24-11-10-22-19(23)9-7-15-6-8-17(20)18(21)12-15/h2-6,8,12H,7,9-11,13H2,1H3,(H,22,23). The van der Waals surface area contributed by atoms with Crippen LogP contribution in [-0.2, 0) is 17.0 Å². The number of hydrogen-bond donors (Lipinski definition) is 1. The first kappa shape index (κ1) is 19.2. The zero-order valence-electron chi connectivity index (χ0n) is 13.6. The minimum Gasteiger partial charge on any atom is -0.355 e. The highest BCUT2D eigenvalue weighted by atomic mass is 35.5. The molecule has 0 fully saturated rings. The van der Waals surface area contributed by atoms with Gasteiger partial charge in [-0.25, -0.2) is 0 Å². The molecule has 2 nitrogen and oxygen atoms in total. The lowest BCUT2D eigenvalue weighted by Crippen LogP contribution is -2.25. The molecule has 0 heterocycles. The van der Waals surface area contributed by atoms with Gasteiger partial charge in [-0.3, -0.25) is 4.79 Å². The smallest absolute Gasteiger partial charge is 0.220 e. The van der Waals surface area contributed by atoms with Crippen molar-refractivity contribution in [2.45, 2.75) is 25.5 Å². The van der Waals surface area contributed by atoms with E-state index >= 15 is 0 Å². The summed E-state index contributed by atoms with van der Waals surface area (Å²) in [5.41, 5.74) is 3.61. The van der Waals surface area contributed by atoms with Gasteiger partial charge in [0.2, 0.25) is 5.91 Å². The molecule has 0 atom stereocenters. The van der Waals surface area contributed by atoms with Crippen molar-refractivity contribution in [3.05, 3.63) is 69.2 Å². The normalized spacial score (nSPS) is 10.6. The molecule has 2 rings (SSSR count). The molecule has 0 aliphatic rings. The SMILES string of the molecule is Cc1ccc(CSCCNC(=O)CCc2ccc(Cl)c(Cl)c2)cc1. The second-order valence-corrected chi connectivity index (χ2v) is 7.56. The van der Waals surface area contributed by atoms with Crippen LogP contribution in [0.1, 0.15) is 23.1 Å². The molecule has 0 saturated carbocycles. The molecular formula is C19H21Cl2NOS. The first-order valence-electron chi connectivity index (χ1n) is 7.88. The molecule has 5 heteroatoms. The first-order valence-corrected chi connectivity index (χ1v) is 9.79. The molecule has 1 N–H and O–H groups in total. The molecule has 2 aromatic carbocycles. The maximum Gasteiger partial charge on any atom is 0.220 e. The van der Waals surface area contributed by atoms with E-state index in [9.17, 15) is 4.79 Å². The third kappa shape index (κ3) is 6.76. The van der Waals surface area contributed by atoms with Crippen molar-refractivity contribution in [3.8, 4) is 0 Å². The van der Waals surface area contributed by atoms with E-state index in [-0.39, 0.29) is 5.91 Å². The minimum absolute atomic E-state index is 0.0667. The van der Waals surface area contributed by atoms with Gasteiger partial charge in [0.1, 0.15) is 0 Å². The van der Waals surface area contributed by atoms with E-state index in [4.69, 9.17) is 23.2 Å². The van der Waals surface area contributed by atoms with E-state index in [1.165, 1.54) is 11.1 Å². The monoisotopic (exact) mass is 381 g/mol. The van der Waals surface area contributed by atoms with Crippen molar-refractivity contribution >= 4 is 40.9 Å². The average molecular weight is 382 g/mol. The molecule has 1 amide bonds. The fraction of sp³-hybridized carbons (Fsp3) is 0.316. The summed E-state index contributed by atoms with van der Waals surface area (Å²) in [5.74, 6) is 1.95. The van der Waals surface area contributed by atoms with Crippen LogP contribution in [0.15, 0.2) is 42.5 Å². The minimum atomic E-state index is 0.0667. The molecular weight excluding hydrogens is 361 g/mol. The predicted octanol–water partition coefficient (Wildman–Crippen LogP) is 5.28. The molecule has 0 unspecified atom stereocenters. The highest BCUT2D eigenvalue weighted by Crippen LogP contribution is 2.23. The number of rotatable bonds is 8. The first-order chi connectivity index (χ1) is 11.5. The largest absolute Gasteiger partial charge is 0.355 e. The third-order valence-corrected chi connectivity index (χ3v) is 5.35. The number of thioether (sulfide) groups is 1. The number of aryl methyl sites for hydroxylation is 2. The zero-order valence-corrected chi connectivity index (χ0v) is 16.0. The molecule has 0 aromatic heterocycles. The molecule has 128 valence electrons. The van der Waals surface area contributed by atoms with Crippen LogP contribution in [0.3, 0.4) is 0 Å².